The number of aromatic nitrogens is 1. The van der Waals surface area contributed by atoms with E-state index in [-0.39, 0.29) is 6.04 Å². The van der Waals surface area contributed by atoms with Crippen molar-refractivity contribution >= 4 is 0 Å². The third kappa shape index (κ3) is 2.31. The number of aryl methyl sites for hydroxylation is 1. The smallest absolute Gasteiger partial charge is 0.0303 e. The fourth-order valence-corrected chi connectivity index (χ4v) is 1.06. The molecule has 60 valence electrons. The topological polar surface area (TPSA) is 38.9 Å². The van der Waals surface area contributed by atoms with Crippen molar-refractivity contribution in [1.29, 1.82) is 0 Å². The van der Waals surface area contributed by atoms with E-state index in [0.29, 0.717) is 0 Å². The third-order valence-corrected chi connectivity index (χ3v) is 1.69. The van der Waals surface area contributed by atoms with Crippen molar-refractivity contribution in [3.8, 4) is 0 Å². The van der Waals surface area contributed by atoms with E-state index in [9.17, 15) is 0 Å². The zero-order chi connectivity index (χ0) is 8.27. The Bertz CT molecular complexity index is 231. The second-order valence-electron chi connectivity index (χ2n) is 2.98. The van der Waals surface area contributed by atoms with Gasteiger partial charge in [-0.3, -0.25) is 4.98 Å². The Hall–Kier alpha value is -0.890. The summed E-state index contributed by atoms with van der Waals surface area (Å²) in [5.41, 5.74) is 8.19. The predicted octanol–water partition coefficient (Wildman–Crippen LogP) is 1.28. The van der Waals surface area contributed by atoms with Crippen LogP contribution in [0.5, 0.6) is 0 Å². The van der Waals surface area contributed by atoms with E-state index in [4.69, 9.17) is 5.73 Å². The summed E-state index contributed by atoms with van der Waals surface area (Å²) < 4.78 is 0. The molecule has 1 rings (SSSR count). The lowest BCUT2D eigenvalue weighted by molar-refractivity contribution is 0.732. The van der Waals surface area contributed by atoms with E-state index in [1.165, 1.54) is 11.1 Å². The molecule has 2 nitrogen and oxygen atoms in total. The minimum absolute atomic E-state index is 0.220. The van der Waals surface area contributed by atoms with Crippen LogP contribution in [0, 0.1) is 6.92 Å². The van der Waals surface area contributed by atoms with Gasteiger partial charge in [0.2, 0.25) is 0 Å². The van der Waals surface area contributed by atoms with Crippen molar-refractivity contribution in [3.05, 3.63) is 29.6 Å². The Labute approximate surface area is 67.5 Å². The van der Waals surface area contributed by atoms with Crippen LogP contribution in [0.4, 0.5) is 0 Å². The van der Waals surface area contributed by atoms with Crippen LogP contribution in [0.15, 0.2) is 18.5 Å². The highest BCUT2D eigenvalue weighted by Crippen LogP contribution is 2.06. The summed E-state index contributed by atoms with van der Waals surface area (Å²) in [5.74, 6) is 0. The highest BCUT2D eigenvalue weighted by atomic mass is 14.6. The minimum Gasteiger partial charge on any atom is -0.328 e. The first-order valence-electron chi connectivity index (χ1n) is 3.85. The van der Waals surface area contributed by atoms with E-state index in [1.807, 2.05) is 19.2 Å². The van der Waals surface area contributed by atoms with E-state index in [1.54, 1.807) is 6.20 Å². The largest absolute Gasteiger partial charge is 0.328 e. The number of pyridine rings is 1. The van der Waals surface area contributed by atoms with Crippen molar-refractivity contribution in [2.24, 2.45) is 5.73 Å². The van der Waals surface area contributed by atoms with Gasteiger partial charge in [0.05, 0.1) is 0 Å². The molecular formula is C9H14N2. The van der Waals surface area contributed by atoms with Crippen molar-refractivity contribution < 1.29 is 0 Å². The average molecular weight is 150 g/mol. The molecule has 0 bridgehead atoms. The lowest BCUT2D eigenvalue weighted by atomic mass is 10.1. The number of rotatable bonds is 2. The van der Waals surface area contributed by atoms with E-state index in [2.05, 4.69) is 11.9 Å². The quantitative estimate of drug-likeness (QED) is 0.689. The van der Waals surface area contributed by atoms with Gasteiger partial charge >= 0.3 is 0 Å². The van der Waals surface area contributed by atoms with Crippen LogP contribution in [-0.4, -0.2) is 11.0 Å². The van der Waals surface area contributed by atoms with Crippen LogP contribution < -0.4 is 5.73 Å². The Morgan fingerprint density at radius 1 is 1.64 bits per heavy atom. The molecule has 0 aliphatic carbocycles. The number of hydrogen-bond acceptors (Lipinski definition) is 2. The maximum Gasteiger partial charge on any atom is 0.0303 e. The molecule has 2 heteroatoms. The summed E-state index contributed by atoms with van der Waals surface area (Å²) >= 11 is 0. The van der Waals surface area contributed by atoms with Gasteiger partial charge in [0.1, 0.15) is 0 Å². The maximum absolute atomic E-state index is 5.67. The normalized spacial score (nSPS) is 13.0. The first-order chi connectivity index (χ1) is 5.20. The highest BCUT2D eigenvalue weighted by molar-refractivity contribution is 5.21. The standard InChI is InChI=1S/C9H14N2/c1-7-3-4-11-6-9(7)5-8(2)10/h3-4,6,8H,5,10H2,1-2H3/t8-/m0/s1. The van der Waals surface area contributed by atoms with Crippen LogP contribution in [0.3, 0.4) is 0 Å². The second-order valence-corrected chi connectivity index (χ2v) is 2.98. The van der Waals surface area contributed by atoms with Crippen molar-refractivity contribution in [1.82, 2.24) is 4.98 Å². The van der Waals surface area contributed by atoms with Crippen LogP contribution in [0.1, 0.15) is 18.1 Å². The lowest BCUT2D eigenvalue weighted by Gasteiger charge is -2.06. The molecule has 0 saturated heterocycles. The molecule has 1 aromatic heterocycles. The molecule has 1 aromatic rings. The summed E-state index contributed by atoms with van der Waals surface area (Å²) in [7, 11) is 0. The van der Waals surface area contributed by atoms with Gasteiger partial charge in [-0.05, 0) is 37.5 Å². The van der Waals surface area contributed by atoms with Gasteiger partial charge in [-0.2, -0.15) is 0 Å². The molecule has 0 spiro atoms. The van der Waals surface area contributed by atoms with Gasteiger partial charge in [-0.1, -0.05) is 0 Å². The van der Waals surface area contributed by atoms with Gasteiger partial charge < -0.3 is 5.73 Å². The van der Waals surface area contributed by atoms with E-state index in [0.717, 1.165) is 6.42 Å². The molecule has 0 fully saturated rings. The SMILES string of the molecule is Cc1ccncc1C[C@H](C)N. The second kappa shape index (κ2) is 3.49. The number of nitrogens with two attached hydrogens (primary N) is 1. The molecule has 0 unspecified atom stereocenters. The zero-order valence-corrected chi connectivity index (χ0v) is 7.04. The molecule has 0 aliphatic heterocycles. The Morgan fingerprint density at radius 3 is 2.91 bits per heavy atom. The van der Waals surface area contributed by atoms with Gasteiger partial charge in [-0.15, -0.1) is 0 Å². The molecule has 11 heavy (non-hydrogen) atoms. The highest BCUT2D eigenvalue weighted by Gasteiger charge is 1.99. The molecule has 1 atom stereocenters. The molecule has 0 aromatic carbocycles. The molecule has 2 N–H and O–H groups in total. The van der Waals surface area contributed by atoms with Gasteiger partial charge in [-0.25, -0.2) is 0 Å². The summed E-state index contributed by atoms with van der Waals surface area (Å²) in [6, 6.07) is 2.23. The zero-order valence-electron chi connectivity index (χ0n) is 7.04. The van der Waals surface area contributed by atoms with Crippen molar-refractivity contribution in [2.45, 2.75) is 26.3 Å². The average Bonchev–Trinajstić information content (AvgIpc) is 1.93. The summed E-state index contributed by atoms with van der Waals surface area (Å²) in [4.78, 5) is 4.04. The molecule has 0 saturated carbocycles. The lowest BCUT2D eigenvalue weighted by Crippen LogP contribution is -2.18. The van der Waals surface area contributed by atoms with Crippen LogP contribution in [0.2, 0.25) is 0 Å². The monoisotopic (exact) mass is 150 g/mol. The van der Waals surface area contributed by atoms with Crippen LogP contribution >= 0.6 is 0 Å². The first kappa shape index (κ1) is 8.21. The van der Waals surface area contributed by atoms with Gasteiger partial charge in [0.15, 0.2) is 0 Å². The molecule has 0 radical (unpaired) electrons. The van der Waals surface area contributed by atoms with Gasteiger partial charge in [0, 0.05) is 18.4 Å². The van der Waals surface area contributed by atoms with E-state index >= 15 is 0 Å². The summed E-state index contributed by atoms with van der Waals surface area (Å²) in [5, 5.41) is 0. The molecule has 0 amide bonds. The van der Waals surface area contributed by atoms with Crippen molar-refractivity contribution in [2.75, 3.05) is 0 Å². The predicted molar refractivity (Wildman–Crippen MR) is 46.3 cm³/mol. The fourth-order valence-electron chi connectivity index (χ4n) is 1.06. The molecule has 1 heterocycles. The number of nitrogens with zero attached hydrogens (tertiary/aromatic N) is 1. The minimum atomic E-state index is 0.220. The summed E-state index contributed by atoms with van der Waals surface area (Å²) in [6.45, 7) is 4.09. The number of hydrogen-bond donors (Lipinski definition) is 1. The maximum atomic E-state index is 5.67. The fraction of sp³-hybridized carbons (Fsp3) is 0.444. The third-order valence-electron chi connectivity index (χ3n) is 1.69. The molecular weight excluding hydrogens is 136 g/mol. The Balaban J connectivity index is 2.78. The molecule has 0 aliphatic rings. The van der Waals surface area contributed by atoms with Crippen molar-refractivity contribution in [3.63, 3.8) is 0 Å². The van der Waals surface area contributed by atoms with Crippen LogP contribution in [-0.2, 0) is 6.42 Å². The van der Waals surface area contributed by atoms with Gasteiger partial charge in [0.25, 0.3) is 0 Å². The Morgan fingerprint density at radius 2 is 2.36 bits per heavy atom. The summed E-state index contributed by atoms with van der Waals surface area (Å²) in [6.07, 6.45) is 4.61. The van der Waals surface area contributed by atoms with Crippen LogP contribution in [0.25, 0.3) is 0 Å². The Kier molecular flexibility index (Phi) is 2.60. The van der Waals surface area contributed by atoms with E-state index < -0.39 is 0 Å². The first-order valence-corrected chi connectivity index (χ1v) is 3.85.